The fraction of sp³-hybridized carbons (Fsp3) is 0.375. The van der Waals surface area contributed by atoms with Crippen LogP contribution in [0, 0.1) is 10.6 Å². The van der Waals surface area contributed by atoms with Gasteiger partial charge in [-0.3, -0.25) is 0 Å². The molecule has 16 heavy (non-hydrogen) atoms. The van der Waals surface area contributed by atoms with E-state index < -0.39 is 24.1 Å². The first-order chi connectivity index (χ1) is 7.22. The fourth-order valence-corrected chi connectivity index (χ4v) is 1.48. The van der Waals surface area contributed by atoms with Gasteiger partial charge in [-0.1, -0.05) is 0 Å². The Kier molecular flexibility index (Phi) is 3.92. The van der Waals surface area contributed by atoms with E-state index >= 15 is 0 Å². The molecular weight excluding hydrogens is 348 g/mol. The molecule has 0 atom stereocenters. The Morgan fingerprint density at radius 1 is 1.38 bits per heavy atom. The maximum Gasteiger partial charge on any atom is 0.573 e. The summed E-state index contributed by atoms with van der Waals surface area (Å²) in [6.07, 6.45) is -7.41. The number of pyridine rings is 1. The predicted octanol–water partition coefficient (Wildman–Crippen LogP) is 3.83. The molecule has 0 amide bonds. The van der Waals surface area contributed by atoms with Crippen molar-refractivity contribution in [3.05, 3.63) is 21.0 Å². The molecule has 2 nitrogen and oxygen atoms in total. The zero-order valence-electron chi connectivity index (χ0n) is 7.78. The largest absolute Gasteiger partial charge is 0.573 e. The van der Waals surface area contributed by atoms with E-state index in [4.69, 9.17) is 0 Å². The molecule has 0 radical (unpaired) electrons. The van der Waals surface area contributed by atoms with Crippen LogP contribution in [0.1, 0.15) is 17.6 Å². The lowest BCUT2D eigenvalue weighted by Crippen LogP contribution is -2.19. The molecule has 8 heteroatoms. The maximum absolute atomic E-state index is 12.6. The van der Waals surface area contributed by atoms with Crippen LogP contribution < -0.4 is 4.74 Å². The summed E-state index contributed by atoms with van der Waals surface area (Å²) in [5.74, 6) is -0.958. The van der Waals surface area contributed by atoms with E-state index in [2.05, 4.69) is 9.72 Å². The molecule has 0 aromatic carbocycles. The molecule has 0 fully saturated rings. The molecule has 0 aliphatic heterocycles. The van der Waals surface area contributed by atoms with Crippen LogP contribution in [0.15, 0.2) is 6.20 Å². The smallest absolute Gasteiger partial charge is 0.404 e. The first kappa shape index (κ1) is 13.4. The first-order valence-corrected chi connectivity index (χ1v) is 4.99. The van der Waals surface area contributed by atoms with Gasteiger partial charge in [-0.05, 0) is 35.1 Å². The van der Waals surface area contributed by atoms with Gasteiger partial charge in [0.15, 0.2) is 5.75 Å². The Morgan fingerprint density at radius 2 is 1.94 bits per heavy atom. The molecule has 1 aromatic rings. The van der Waals surface area contributed by atoms with Gasteiger partial charge in [0, 0.05) is 0 Å². The maximum atomic E-state index is 12.6. The molecule has 1 heterocycles. The highest BCUT2D eigenvalue weighted by Crippen LogP contribution is 2.35. The SMILES string of the molecule is Cc1c(I)ncc(OC(F)(F)F)c1C(F)F. The van der Waals surface area contributed by atoms with E-state index in [-0.39, 0.29) is 9.26 Å². The Morgan fingerprint density at radius 3 is 2.38 bits per heavy atom. The Labute approximate surface area is 101 Å². The minimum atomic E-state index is -5.01. The van der Waals surface area contributed by atoms with Crippen LogP contribution in [0.5, 0.6) is 5.75 Å². The number of halogens is 6. The highest BCUT2D eigenvalue weighted by Gasteiger charge is 2.34. The fourth-order valence-electron chi connectivity index (χ4n) is 1.05. The topological polar surface area (TPSA) is 22.1 Å². The number of hydrogen-bond acceptors (Lipinski definition) is 2. The predicted molar refractivity (Wildman–Crippen MR) is 53.3 cm³/mol. The van der Waals surface area contributed by atoms with E-state index in [1.54, 1.807) is 22.6 Å². The van der Waals surface area contributed by atoms with Gasteiger partial charge in [-0.2, -0.15) is 0 Å². The van der Waals surface area contributed by atoms with Gasteiger partial charge in [0.2, 0.25) is 0 Å². The third-order valence-electron chi connectivity index (χ3n) is 1.72. The molecule has 0 spiro atoms. The molecule has 1 rings (SSSR count). The van der Waals surface area contributed by atoms with Crippen molar-refractivity contribution in [1.29, 1.82) is 0 Å². The minimum Gasteiger partial charge on any atom is -0.404 e. The van der Waals surface area contributed by atoms with Gasteiger partial charge in [0.25, 0.3) is 6.43 Å². The first-order valence-electron chi connectivity index (χ1n) is 3.91. The highest BCUT2D eigenvalue weighted by molar-refractivity contribution is 14.1. The molecule has 1 aromatic heterocycles. The molecule has 0 aliphatic carbocycles. The normalized spacial score (nSPS) is 12.0. The van der Waals surface area contributed by atoms with E-state index in [1.807, 2.05) is 0 Å². The summed E-state index contributed by atoms with van der Waals surface area (Å²) in [6, 6.07) is 0. The number of alkyl halides is 5. The van der Waals surface area contributed by atoms with Crippen LogP contribution in [-0.2, 0) is 0 Å². The van der Waals surface area contributed by atoms with Crippen molar-refractivity contribution >= 4 is 22.6 Å². The van der Waals surface area contributed by atoms with Crippen molar-refractivity contribution in [2.45, 2.75) is 19.7 Å². The lowest BCUT2D eigenvalue weighted by Gasteiger charge is -2.14. The second kappa shape index (κ2) is 4.68. The molecule has 0 saturated heterocycles. The molecule has 0 N–H and O–H groups in total. The minimum absolute atomic E-state index is 0.0163. The summed E-state index contributed by atoms with van der Waals surface area (Å²) in [4.78, 5) is 3.53. The number of ether oxygens (including phenoxy) is 1. The quantitative estimate of drug-likeness (QED) is 0.458. The van der Waals surface area contributed by atoms with E-state index in [9.17, 15) is 22.0 Å². The zero-order chi connectivity index (χ0) is 12.5. The standard InChI is InChI=1S/C8H5F5INO/c1-3-5(6(9)10)4(2-15-7(3)14)16-8(11,12)13/h2,6H,1H3. The van der Waals surface area contributed by atoms with Crippen molar-refractivity contribution < 1.29 is 26.7 Å². The van der Waals surface area contributed by atoms with Crippen LogP contribution in [0.4, 0.5) is 22.0 Å². The van der Waals surface area contributed by atoms with Crippen molar-refractivity contribution in [3.8, 4) is 5.75 Å². The van der Waals surface area contributed by atoms with Gasteiger partial charge < -0.3 is 4.74 Å². The third-order valence-corrected chi connectivity index (χ3v) is 2.81. The summed E-state index contributed by atoms with van der Waals surface area (Å²) in [5, 5.41) is 0. The molecule has 90 valence electrons. The van der Waals surface area contributed by atoms with Gasteiger partial charge in [-0.25, -0.2) is 13.8 Å². The van der Waals surface area contributed by atoms with Gasteiger partial charge in [-0.15, -0.1) is 13.2 Å². The van der Waals surface area contributed by atoms with Crippen LogP contribution in [0.3, 0.4) is 0 Å². The average molecular weight is 353 g/mol. The lowest BCUT2D eigenvalue weighted by atomic mass is 10.1. The highest BCUT2D eigenvalue weighted by atomic mass is 127. The Hall–Kier alpha value is -0.670. The third kappa shape index (κ3) is 3.16. The van der Waals surface area contributed by atoms with Gasteiger partial charge >= 0.3 is 6.36 Å². The monoisotopic (exact) mass is 353 g/mol. The summed E-state index contributed by atoms with van der Waals surface area (Å²) < 4.78 is 64.6. The molecule has 0 saturated carbocycles. The summed E-state index contributed by atoms with van der Waals surface area (Å²) in [6.45, 7) is 1.26. The lowest BCUT2D eigenvalue weighted by molar-refractivity contribution is -0.275. The molecular formula is C8H5F5INO. The number of hydrogen-bond donors (Lipinski definition) is 0. The molecule has 0 aliphatic rings. The van der Waals surface area contributed by atoms with Crippen molar-refractivity contribution in [2.24, 2.45) is 0 Å². The second-order valence-corrected chi connectivity index (χ2v) is 3.82. The Balaban J connectivity index is 3.24. The van der Waals surface area contributed by atoms with E-state index in [0.717, 1.165) is 0 Å². The van der Waals surface area contributed by atoms with Crippen molar-refractivity contribution in [2.75, 3.05) is 0 Å². The van der Waals surface area contributed by atoms with Crippen molar-refractivity contribution in [3.63, 3.8) is 0 Å². The summed E-state index contributed by atoms with van der Waals surface area (Å²) in [7, 11) is 0. The summed E-state index contributed by atoms with van der Waals surface area (Å²) >= 11 is 1.66. The van der Waals surface area contributed by atoms with Crippen LogP contribution in [-0.4, -0.2) is 11.3 Å². The van der Waals surface area contributed by atoms with Crippen molar-refractivity contribution in [1.82, 2.24) is 4.98 Å². The summed E-state index contributed by atoms with van der Waals surface area (Å²) in [5.41, 5.74) is -0.797. The van der Waals surface area contributed by atoms with E-state index in [1.165, 1.54) is 6.92 Å². The number of nitrogens with zero attached hydrogens (tertiary/aromatic N) is 1. The zero-order valence-corrected chi connectivity index (χ0v) is 9.94. The van der Waals surface area contributed by atoms with Crippen LogP contribution in [0.2, 0.25) is 0 Å². The van der Waals surface area contributed by atoms with Crippen LogP contribution >= 0.6 is 22.6 Å². The number of aromatic nitrogens is 1. The molecule has 0 bridgehead atoms. The average Bonchev–Trinajstić information content (AvgIpc) is 2.08. The van der Waals surface area contributed by atoms with Crippen LogP contribution in [0.25, 0.3) is 0 Å². The number of rotatable bonds is 2. The van der Waals surface area contributed by atoms with Gasteiger partial charge in [0.05, 0.1) is 11.8 Å². The molecule has 0 unspecified atom stereocenters. The van der Waals surface area contributed by atoms with Gasteiger partial charge in [0.1, 0.15) is 3.70 Å². The second-order valence-electron chi connectivity index (χ2n) is 2.80. The Bertz CT molecular complexity index is 393. The van der Waals surface area contributed by atoms with E-state index in [0.29, 0.717) is 6.20 Å².